The molecule has 0 aliphatic carbocycles. The Morgan fingerprint density at radius 3 is 2.68 bits per heavy atom. The summed E-state index contributed by atoms with van der Waals surface area (Å²) in [7, 11) is 0. The number of fused-ring (bicyclic) bond motifs is 2. The highest BCUT2D eigenvalue weighted by atomic mass is 35.5. The highest BCUT2D eigenvalue weighted by Crippen LogP contribution is 2.37. The third-order valence-corrected chi connectivity index (χ3v) is 8.02. The van der Waals surface area contributed by atoms with Gasteiger partial charge in [0.15, 0.2) is 17.3 Å². The summed E-state index contributed by atoms with van der Waals surface area (Å²) in [5, 5.41) is 17.3. The predicted molar refractivity (Wildman–Crippen MR) is 145 cm³/mol. The summed E-state index contributed by atoms with van der Waals surface area (Å²) in [6, 6.07) is 14.4. The van der Waals surface area contributed by atoms with Crippen LogP contribution in [0.25, 0.3) is 10.8 Å². The predicted octanol–water partition coefficient (Wildman–Crippen LogP) is 4.15. The van der Waals surface area contributed by atoms with E-state index in [1.165, 1.54) is 6.07 Å². The van der Waals surface area contributed by atoms with Crippen LogP contribution in [0.5, 0.6) is 11.5 Å². The molecule has 0 bridgehead atoms. The maximum absolute atomic E-state index is 14.7. The molecule has 6 rings (SSSR count). The molecule has 3 aromatic carbocycles. The second-order valence-electron chi connectivity index (χ2n) is 10.3. The fourth-order valence-corrected chi connectivity index (χ4v) is 5.69. The quantitative estimate of drug-likeness (QED) is 0.470. The van der Waals surface area contributed by atoms with E-state index in [2.05, 4.69) is 33.3 Å². The van der Waals surface area contributed by atoms with Crippen molar-refractivity contribution in [3.05, 3.63) is 64.9 Å². The Bertz CT molecular complexity index is 1350. The van der Waals surface area contributed by atoms with E-state index in [9.17, 15) is 14.3 Å². The van der Waals surface area contributed by atoms with Crippen molar-refractivity contribution in [2.45, 2.75) is 25.0 Å². The average molecular weight is 540 g/mol. The van der Waals surface area contributed by atoms with Gasteiger partial charge in [-0.1, -0.05) is 23.7 Å². The summed E-state index contributed by atoms with van der Waals surface area (Å²) in [4.78, 5) is 17.8. The van der Waals surface area contributed by atoms with Crippen LogP contribution in [0.3, 0.4) is 0 Å². The molecule has 3 aliphatic heterocycles. The van der Waals surface area contributed by atoms with E-state index in [1.54, 1.807) is 6.07 Å². The second kappa shape index (κ2) is 10.6. The number of aliphatic hydroxyl groups is 1. The van der Waals surface area contributed by atoms with Gasteiger partial charge in [-0.25, -0.2) is 4.39 Å². The van der Waals surface area contributed by atoms with Crippen molar-refractivity contribution >= 4 is 34.0 Å². The van der Waals surface area contributed by atoms with Gasteiger partial charge in [0.05, 0.1) is 12.0 Å². The van der Waals surface area contributed by atoms with Crippen molar-refractivity contribution in [3.8, 4) is 11.5 Å². The average Bonchev–Trinajstić information content (AvgIpc) is 3.40. The van der Waals surface area contributed by atoms with Crippen LogP contribution < -0.4 is 19.7 Å². The molecule has 3 heterocycles. The molecule has 3 atom stereocenters. The first-order chi connectivity index (χ1) is 18.4. The Balaban J connectivity index is 1.16. The number of nitrogens with one attached hydrogen (secondary N) is 1. The smallest absolute Gasteiger partial charge is 0.225 e. The van der Waals surface area contributed by atoms with Gasteiger partial charge in [0, 0.05) is 30.3 Å². The van der Waals surface area contributed by atoms with Crippen LogP contribution in [0.4, 0.5) is 10.1 Å². The summed E-state index contributed by atoms with van der Waals surface area (Å²) in [5.74, 6) is -0.530. The number of carbonyl (C=O) groups is 1. The van der Waals surface area contributed by atoms with E-state index in [0.29, 0.717) is 30.3 Å². The van der Waals surface area contributed by atoms with Crippen LogP contribution in [-0.2, 0) is 4.79 Å². The van der Waals surface area contributed by atoms with Gasteiger partial charge >= 0.3 is 0 Å². The third-order valence-electron chi connectivity index (χ3n) is 7.78. The molecule has 0 saturated carbocycles. The molecule has 9 heteroatoms. The highest BCUT2D eigenvalue weighted by Gasteiger charge is 2.34. The molecular formula is C29H31ClFN3O4. The first-order valence-corrected chi connectivity index (χ1v) is 13.6. The van der Waals surface area contributed by atoms with Crippen LogP contribution in [0, 0.1) is 11.7 Å². The van der Waals surface area contributed by atoms with Gasteiger partial charge < -0.3 is 29.7 Å². The Hall–Kier alpha value is -3.07. The molecule has 38 heavy (non-hydrogen) atoms. The van der Waals surface area contributed by atoms with E-state index in [1.807, 2.05) is 18.2 Å². The highest BCUT2D eigenvalue weighted by molar-refractivity contribution is 6.31. The topological polar surface area (TPSA) is 74.3 Å². The van der Waals surface area contributed by atoms with Crippen LogP contribution >= 0.6 is 11.6 Å². The summed E-state index contributed by atoms with van der Waals surface area (Å²) in [6.07, 6.45) is 0.718. The van der Waals surface area contributed by atoms with E-state index >= 15 is 0 Å². The number of benzene rings is 3. The molecule has 0 aromatic heterocycles. The second-order valence-corrected chi connectivity index (χ2v) is 10.8. The first kappa shape index (κ1) is 25.2. The van der Waals surface area contributed by atoms with Crippen molar-refractivity contribution in [3.63, 3.8) is 0 Å². The number of ether oxygens (including phenoxy) is 2. The zero-order valence-corrected chi connectivity index (χ0v) is 21.8. The molecule has 1 amide bonds. The molecule has 2 N–H and O–H groups in total. The molecule has 0 spiro atoms. The number of halogens is 2. The van der Waals surface area contributed by atoms with Gasteiger partial charge in [0.25, 0.3) is 0 Å². The number of rotatable bonds is 7. The first-order valence-electron chi connectivity index (χ1n) is 13.2. The fraction of sp³-hybridized carbons (Fsp3) is 0.414. The van der Waals surface area contributed by atoms with Gasteiger partial charge in [0.2, 0.25) is 5.91 Å². The zero-order valence-electron chi connectivity index (χ0n) is 21.0. The number of amides is 1. The SMILES string of the molecule is O=C(N[C@H](CN1CCC1)[C@H](O)c1cc(F)c2c(c1)OCCO2)C1CCN(c2ccc3cc(Cl)ccc3c2)C1. The number of hydrogen-bond acceptors (Lipinski definition) is 6. The van der Waals surface area contributed by atoms with E-state index < -0.39 is 18.0 Å². The Morgan fingerprint density at radius 2 is 1.87 bits per heavy atom. The maximum Gasteiger partial charge on any atom is 0.225 e. The van der Waals surface area contributed by atoms with Crippen LogP contribution in [0.1, 0.15) is 24.5 Å². The minimum Gasteiger partial charge on any atom is -0.486 e. The standard InChI is InChI=1S/C29H31ClFN3O4/c30-22-4-2-19-13-23(5-3-18(19)12-22)34-9-6-20(16-34)29(36)32-25(17-33-7-1-8-33)27(35)21-14-24(31)28-26(15-21)37-10-11-38-28/h2-5,12-15,20,25,27,35H,1,6-11,16-17H2,(H,32,36)/t20?,25-,27-/m1/s1. The summed E-state index contributed by atoms with van der Waals surface area (Å²) >= 11 is 6.12. The number of likely N-dealkylation sites (tertiary alicyclic amines) is 1. The van der Waals surface area contributed by atoms with Gasteiger partial charge in [-0.3, -0.25) is 4.79 Å². The summed E-state index contributed by atoms with van der Waals surface area (Å²) in [5.41, 5.74) is 1.43. The Morgan fingerprint density at radius 1 is 1.08 bits per heavy atom. The number of carbonyl (C=O) groups excluding carboxylic acids is 1. The number of aliphatic hydroxyl groups excluding tert-OH is 1. The minimum absolute atomic E-state index is 0.0679. The van der Waals surface area contributed by atoms with Crippen LogP contribution in [-0.4, -0.2) is 67.9 Å². The van der Waals surface area contributed by atoms with Gasteiger partial charge in [0.1, 0.15) is 19.3 Å². The third kappa shape index (κ3) is 5.13. The molecule has 0 radical (unpaired) electrons. The molecule has 2 saturated heterocycles. The Kier molecular flexibility index (Phi) is 7.03. The molecule has 3 aliphatic rings. The molecule has 200 valence electrons. The lowest BCUT2D eigenvalue weighted by Crippen LogP contribution is -2.52. The molecule has 1 unspecified atom stereocenters. The van der Waals surface area contributed by atoms with Gasteiger partial charge in [-0.2, -0.15) is 0 Å². The summed E-state index contributed by atoms with van der Waals surface area (Å²) < 4.78 is 25.6. The van der Waals surface area contributed by atoms with Crippen LogP contribution in [0.2, 0.25) is 5.02 Å². The lowest BCUT2D eigenvalue weighted by Gasteiger charge is -2.36. The minimum atomic E-state index is -1.09. The summed E-state index contributed by atoms with van der Waals surface area (Å²) in [6.45, 7) is 4.29. The van der Waals surface area contributed by atoms with Gasteiger partial charge in [-0.05, 0) is 78.7 Å². The molecular weight excluding hydrogens is 509 g/mol. The number of hydrogen-bond donors (Lipinski definition) is 2. The van der Waals surface area contributed by atoms with Crippen molar-refractivity contribution in [2.24, 2.45) is 5.92 Å². The van der Waals surface area contributed by atoms with E-state index in [-0.39, 0.29) is 29.9 Å². The lowest BCUT2D eigenvalue weighted by atomic mass is 9.98. The molecule has 3 aromatic rings. The molecule has 2 fully saturated rings. The van der Waals surface area contributed by atoms with E-state index in [4.69, 9.17) is 21.1 Å². The zero-order chi connectivity index (χ0) is 26.2. The normalized spacial score (nSPS) is 20.7. The van der Waals surface area contributed by atoms with E-state index in [0.717, 1.165) is 48.9 Å². The fourth-order valence-electron chi connectivity index (χ4n) is 5.51. The van der Waals surface area contributed by atoms with Crippen molar-refractivity contribution < 1.29 is 23.8 Å². The largest absolute Gasteiger partial charge is 0.486 e. The number of anilines is 1. The maximum atomic E-state index is 14.7. The Labute approximate surface area is 226 Å². The molecule has 7 nitrogen and oxygen atoms in total. The lowest BCUT2D eigenvalue weighted by molar-refractivity contribution is -0.126. The van der Waals surface area contributed by atoms with Gasteiger partial charge in [-0.15, -0.1) is 0 Å². The van der Waals surface area contributed by atoms with Crippen molar-refractivity contribution in [2.75, 3.05) is 50.8 Å². The van der Waals surface area contributed by atoms with Crippen molar-refractivity contribution in [1.82, 2.24) is 10.2 Å². The monoisotopic (exact) mass is 539 g/mol. The number of nitrogens with zero attached hydrogens (tertiary/aromatic N) is 2. The van der Waals surface area contributed by atoms with Crippen LogP contribution in [0.15, 0.2) is 48.5 Å². The van der Waals surface area contributed by atoms with Crippen molar-refractivity contribution in [1.29, 1.82) is 0 Å².